The molecule has 0 radical (unpaired) electrons. The average Bonchev–Trinajstić information content (AvgIpc) is 2.54. The van der Waals surface area contributed by atoms with Crippen LogP contribution in [0.15, 0.2) is 0 Å². The van der Waals surface area contributed by atoms with Crippen molar-refractivity contribution in [2.45, 2.75) is 96.4 Å². The van der Waals surface area contributed by atoms with E-state index in [9.17, 15) is 9.00 Å². The number of carboxylic acids is 1. The van der Waals surface area contributed by atoms with Crippen LogP contribution in [0.3, 0.4) is 0 Å². The first kappa shape index (κ1) is 23.6. The van der Waals surface area contributed by atoms with Crippen LogP contribution >= 0.6 is 0 Å². The third-order valence-electron chi connectivity index (χ3n) is 4.41. The van der Waals surface area contributed by atoms with Gasteiger partial charge in [0.15, 0.2) is 0 Å². The second-order valence-electron chi connectivity index (χ2n) is 6.80. The molecular weight excluding hydrogens is 322 g/mol. The largest absolute Gasteiger partial charge is 0.480 e. The Balaban J connectivity index is 3.36. The van der Waals surface area contributed by atoms with E-state index in [0.29, 0.717) is 12.2 Å². The van der Waals surface area contributed by atoms with Gasteiger partial charge in [-0.25, -0.2) is 0 Å². The minimum absolute atomic E-state index is 0.441. The summed E-state index contributed by atoms with van der Waals surface area (Å²) in [7, 11) is -0.924. The van der Waals surface area contributed by atoms with Gasteiger partial charge in [0, 0.05) is 22.8 Å². The number of hydrogen-bond acceptors (Lipinski definition) is 3. The molecule has 0 aliphatic rings. The van der Waals surface area contributed by atoms with E-state index in [4.69, 9.17) is 5.11 Å². The van der Waals surface area contributed by atoms with Gasteiger partial charge in [-0.15, -0.1) is 0 Å². The highest BCUT2D eigenvalue weighted by Gasteiger charge is 2.16. The number of rotatable bonds is 18. The SMILES string of the molecule is CCCCCCCCCCCCCCNC(CCS(C)=O)C(=O)O. The first-order valence-corrected chi connectivity index (χ1v) is 11.6. The fourth-order valence-corrected chi connectivity index (χ4v) is 3.41. The molecule has 2 atom stereocenters. The average molecular weight is 362 g/mol. The normalized spacial score (nSPS) is 13.8. The molecule has 24 heavy (non-hydrogen) atoms. The molecule has 2 unspecified atom stereocenters. The fourth-order valence-electron chi connectivity index (χ4n) is 2.84. The van der Waals surface area contributed by atoms with Crippen molar-refractivity contribution in [3.8, 4) is 0 Å². The van der Waals surface area contributed by atoms with Crippen LogP contribution in [0.1, 0.15) is 90.4 Å². The summed E-state index contributed by atoms with van der Waals surface area (Å²) in [5.74, 6) is -0.387. The van der Waals surface area contributed by atoms with Crippen molar-refractivity contribution in [2.75, 3.05) is 18.6 Å². The summed E-state index contributed by atoms with van der Waals surface area (Å²) in [5, 5.41) is 12.2. The smallest absolute Gasteiger partial charge is 0.320 e. The van der Waals surface area contributed by atoms with Crippen LogP contribution in [-0.4, -0.2) is 39.9 Å². The standard InChI is InChI=1S/C19H39NO3S/c1-3-4-5-6-7-8-9-10-11-12-13-14-16-20-18(19(21)22)15-17-24(2)23/h18,20H,3-17H2,1-2H3,(H,21,22). The number of hydrogen-bond donors (Lipinski definition) is 2. The van der Waals surface area contributed by atoms with Crippen molar-refractivity contribution in [1.82, 2.24) is 5.32 Å². The molecular formula is C19H39NO3S. The quantitative estimate of drug-likeness (QED) is 0.353. The molecule has 144 valence electrons. The van der Waals surface area contributed by atoms with Crippen LogP contribution in [0, 0.1) is 0 Å². The van der Waals surface area contributed by atoms with Crippen LogP contribution in [0.25, 0.3) is 0 Å². The monoisotopic (exact) mass is 361 g/mol. The zero-order valence-electron chi connectivity index (χ0n) is 15.9. The van der Waals surface area contributed by atoms with E-state index in [1.807, 2.05) is 0 Å². The molecule has 0 heterocycles. The van der Waals surface area contributed by atoms with E-state index < -0.39 is 22.8 Å². The van der Waals surface area contributed by atoms with Gasteiger partial charge in [-0.3, -0.25) is 9.00 Å². The Kier molecular flexibility index (Phi) is 17.1. The number of unbranched alkanes of at least 4 members (excludes halogenated alkanes) is 11. The van der Waals surface area contributed by atoms with Gasteiger partial charge >= 0.3 is 5.97 Å². The first-order chi connectivity index (χ1) is 11.6. The molecule has 0 saturated heterocycles. The molecule has 0 aromatic heterocycles. The molecule has 0 amide bonds. The van der Waals surface area contributed by atoms with Crippen LogP contribution in [-0.2, 0) is 15.6 Å². The Hall–Kier alpha value is -0.420. The van der Waals surface area contributed by atoms with Gasteiger partial charge in [0.25, 0.3) is 0 Å². The predicted molar refractivity (Wildman–Crippen MR) is 104 cm³/mol. The maximum atomic E-state index is 11.1. The third kappa shape index (κ3) is 16.4. The minimum atomic E-state index is -0.924. The van der Waals surface area contributed by atoms with E-state index in [2.05, 4.69) is 12.2 Å². The van der Waals surface area contributed by atoms with Gasteiger partial charge in [0.2, 0.25) is 0 Å². The lowest BCUT2D eigenvalue weighted by Gasteiger charge is -2.13. The summed E-state index contributed by atoms with van der Waals surface area (Å²) in [5.41, 5.74) is 0. The summed E-state index contributed by atoms with van der Waals surface area (Å²) >= 11 is 0. The van der Waals surface area contributed by atoms with E-state index in [1.54, 1.807) is 6.26 Å². The van der Waals surface area contributed by atoms with Gasteiger partial charge in [0.1, 0.15) is 6.04 Å². The molecule has 0 bridgehead atoms. The third-order valence-corrected chi connectivity index (χ3v) is 5.22. The highest BCUT2D eigenvalue weighted by atomic mass is 32.2. The minimum Gasteiger partial charge on any atom is -0.480 e. The van der Waals surface area contributed by atoms with Crippen molar-refractivity contribution in [3.05, 3.63) is 0 Å². The van der Waals surface area contributed by atoms with E-state index in [1.165, 1.54) is 64.2 Å². The molecule has 5 heteroatoms. The maximum absolute atomic E-state index is 11.1. The molecule has 0 aromatic rings. The fraction of sp³-hybridized carbons (Fsp3) is 0.947. The highest BCUT2D eigenvalue weighted by Crippen LogP contribution is 2.11. The van der Waals surface area contributed by atoms with Crippen LogP contribution < -0.4 is 5.32 Å². The summed E-state index contributed by atoms with van der Waals surface area (Å²) < 4.78 is 11.1. The lowest BCUT2D eigenvalue weighted by molar-refractivity contribution is -0.139. The van der Waals surface area contributed by atoms with Crippen molar-refractivity contribution >= 4 is 16.8 Å². The lowest BCUT2D eigenvalue weighted by Crippen LogP contribution is -2.38. The van der Waals surface area contributed by atoms with Crippen LogP contribution in [0.5, 0.6) is 0 Å². The van der Waals surface area contributed by atoms with E-state index in [0.717, 1.165) is 19.4 Å². The van der Waals surface area contributed by atoms with Crippen molar-refractivity contribution in [1.29, 1.82) is 0 Å². The maximum Gasteiger partial charge on any atom is 0.320 e. The Morgan fingerprint density at radius 3 is 1.79 bits per heavy atom. The van der Waals surface area contributed by atoms with Gasteiger partial charge < -0.3 is 10.4 Å². The Morgan fingerprint density at radius 2 is 1.38 bits per heavy atom. The molecule has 0 spiro atoms. The number of nitrogens with one attached hydrogen (secondary N) is 1. The summed E-state index contributed by atoms with van der Waals surface area (Å²) in [6.45, 7) is 3.00. The van der Waals surface area contributed by atoms with Gasteiger partial charge in [-0.2, -0.15) is 0 Å². The van der Waals surface area contributed by atoms with E-state index >= 15 is 0 Å². The van der Waals surface area contributed by atoms with Crippen LogP contribution in [0.2, 0.25) is 0 Å². The highest BCUT2D eigenvalue weighted by molar-refractivity contribution is 7.84. The Bertz CT molecular complexity index is 324. The number of aliphatic carboxylic acids is 1. The van der Waals surface area contributed by atoms with Gasteiger partial charge in [0.05, 0.1) is 0 Å². The molecule has 0 saturated carbocycles. The van der Waals surface area contributed by atoms with Crippen molar-refractivity contribution in [2.24, 2.45) is 0 Å². The second kappa shape index (κ2) is 17.4. The predicted octanol–water partition coefficient (Wildman–Crippen LogP) is 4.50. The zero-order valence-corrected chi connectivity index (χ0v) is 16.7. The number of carbonyl (C=O) groups is 1. The molecule has 4 nitrogen and oxygen atoms in total. The Morgan fingerprint density at radius 1 is 0.917 bits per heavy atom. The summed E-state index contributed by atoms with van der Waals surface area (Å²) in [6.07, 6.45) is 17.7. The Labute approximate surface area is 151 Å². The molecule has 0 aliphatic heterocycles. The molecule has 0 fully saturated rings. The van der Waals surface area contributed by atoms with Gasteiger partial charge in [-0.05, 0) is 19.4 Å². The molecule has 0 rings (SSSR count). The molecule has 0 aromatic carbocycles. The van der Waals surface area contributed by atoms with Crippen molar-refractivity contribution in [3.63, 3.8) is 0 Å². The first-order valence-electron chi connectivity index (χ1n) is 9.84. The van der Waals surface area contributed by atoms with E-state index in [-0.39, 0.29) is 0 Å². The van der Waals surface area contributed by atoms with Crippen LogP contribution in [0.4, 0.5) is 0 Å². The lowest BCUT2D eigenvalue weighted by atomic mass is 10.1. The van der Waals surface area contributed by atoms with Crippen molar-refractivity contribution < 1.29 is 14.1 Å². The van der Waals surface area contributed by atoms with Gasteiger partial charge in [-0.1, -0.05) is 77.6 Å². The zero-order chi connectivity index (χ0) is 18.0. The summed E-state index contributed by atoms with van der Waals surface area (Å²) in [4.78, 5) is 11.1. The summed E-state index contributed by atoms with van der Waals surface area (Å²) in [6, 6.07) is -0.554. The molecule has 0 aliphatic carbocycles. The second-order valence-corrected chi connectivity index (χ2v) is 8.35. The molecule has 2 N–H and O–H groups in total. The number of carboxylic acid groups (broad SMARTS) is 1. The topological polar surface area (TPSA) is 66.4 Å².